The molecule has 0 spiro atoms. The van der Waals surface area contributed by atoms with Gasteiger partial charge in [0.2, 0.25) is 0 Å². The molecule has 2 heterocycles. The van der Waals surface area contributed by atoms with Crippen LogP contribution in [0.15, 0.2) is 36.4 Å². The van der Waals surface area contributed by atoms with Crippen LogP contribution in [0.2, 0.25) is 0 Å². The third-order valence-corrected chi connectivity index (χ3v) is 5.09. The van der Waals surface area contributed by atoms with Gasteiger partial charge in [-0.1, -0.05) is 6.07 Å². The number of nitrogens with zero attached hydrogens (tertiary/aromatic N) is 2. The fourth-order valence-corrected chi connectivity index (χ4v) is 3.27. The average Bonchev–Trinajstić information content (AvgIpc) is 2.77. The van der Waals surface area contributed by atoms with Crippen LogP contribution in [0.5, 0.6) is 11.5 Å². The summed E-state index contributed by atoms with van der Waals surface area (Å²) in [7, 11) is 0. The quantitative estimate of drug-likeness (QED) is 0.632. The molecule has 4 rings (SSSR count). The maximum atomic E-state index is 12.4. The third-order valence-electron chi connectivity index (χ3n) is 5.09. The van der Waals surface area contributed by atoms with E-state index in [1.54, 1.807) is 18.2 Å². The molecule has 31 heavy (non-hydrogen) atoms. The summed E-state index contributed by atoms with van der Waals surface area (Å²) in [6.45, 7) is 6.22. The smallest absolute Gasteiger partial charge is 0.338 e. The second-order valence-corrected chi connectivity index (χ2v) is 7.37. The summed E-state index contributed by atoms with van der Waals surface area (Å²) >= 11 is 0. The lowest BCUT2D eigenvalue weighted by atomic mass is 10.1. The van der Waals surface area contributed by atoms with Crippen molar-refractivity contribution < 1.29 is 23.8 Å². The van der Waals surface area contributed by atoms with Crippen LogP contribution in [-0.2, 0) is 9.53 Å². The number of nitrogens with one attached hydrogen (secondary N) is 1. The number of esters is 1. The van der Waals surface area contributed by atoms with Crippen molar-refractivity contribution in [1.29, 1.82) is 0 Å². The maximum absolute atomic E-state index is 12.4. The standard InChI is InChI=1S/C23H23N3O5/c1-13-14(2)25-19-10-17(4-6-18(19)24-13)23(28)31-12-22(27)26-15(3)16-5-7-20-21(11-16)30-9-8-29-20/h4-7,10-11,15H,8-9,12H2,1-3H3,(H,26,27)/t15-/m1/s1. The number of aryl methyl sites for hydroxylation is 2. The number of rotatable bonds is 5. The number of hydrogen-bond donors (Lipinski definition) is 1. The summed E-state index contributed by atoms with van der Waals surface area (Å²) in [4.78, 5) is 33.6. The average molecular weight is 421 g/mol. The first-order valence-electron chi connectivity index (χ1n) is 10.0. The van der Waals surface area contributed by atoms with Gasteiger partial charge < -0.3 is 19.5 Å². The summed E-state index contributed by atoms with van der Waals surface area (Å²) < 4.78 is 16.3. The van der Waals surface area contributed by atoms with Crippen molar-refractivity contribution in [2.75, 3.05) is 19.8 Å². The lowest BCUT2D eigenvalue weighted by molar-refractivity contribution is -0.124. The Bertz CT molecular complexity index is 1160. The molecule has 1 N–H and O–H groups in total. The Morgan fingerprint density at radius 3 is 2.48 bits per heavy atom. The molecule has 0 fully saturated rings. The topological polar surface area (TPSA) is 99.6 Å². The summed E-state index contributed by atoms with van der Waals surface area (Å²) in [5.74, 6) is 0.348. The molecule has 0 saturated carbocycles. The van der Waals surface area contributed by atoms with E-state index < -0.39 is 11.9 Å². The Kier molecular flexibility index (Phi) is 5.70. The highest BCUT2D eigenvalue weighted by molar-refractivity contribution is 5.94. The molecule has 2 aromatic carbocycles. The predicted octanol–water partition coefficient (Wildman–Crippen LogP) is 3.05. The van der Waals surface area contributed by atoms with E-state index in [9.17, 15) is 9.59 Å². The van der Waals surface area contributed by atoms with E-state index in [2.05, 4.69) is 15.3 Å². The van der Waals surface area contributed by atoms with Crippen molar-refractivity contribution in [1.82, 2.24) is 15.3 Å². The van der Waals surface area contributed by atoms with Gasteiger partial charge in [0, 0.05) is 0 Å². The van der Waals surface area contributed by atoms with Crippen LogP contribution in [0.3, 0.4) is 0 Å². The molecule has 0 aliphatic carbocycles. The number of carbonyl (C=O) groups excluding carboxylic acids is 2. The molecule has 0 unspecified atom stereocenters. The molecule has 1 aliphatic rings. The van der Waals surface area contributed by atoms with E-state index in [0.29, 0.717) is 41.3 Å². The first-order valence-corrected chi connectivity index (χ1v) is 10.0. The first kappa shape index (κ1) is 20.6. The van der Waals surface area contributed by atoms with Gasteiger partial charge in [0.1, 0.15) is 13.2 Å². The van der Waals surface area contributed by atoms with Crippen LogP contribution in [-0.4, -0.2) is 41.7 Å². The van der Waals surface area contributed by atoms with Gasteiger partial charge >= 0.3 is 5.97 Å². The Balaban J connectivity index is 1.35. The second kappa shape index (κ2) is 8.59. The lowest BCUT2D eigenvalue weighted by Crippen LogP contribution is -2.31. The number of fused-ring (bicyclic) bond motifs is 2. The van der Waals surface area contributed by atoms with Gasteiger partial charge in [-0.2, -0.15) is 0 Å². The minimum atomic E-state index is -0.593. The molecule has 3 aromatic rings. The van der Waals surface area contributed by atoms with E-state index >= 15 is 0 Å². The molecule has 1 amide bonds. The number of ether oxygens (including phenoxy) is 3. The van der Waals surface area contributed by atoms with E-state index in [4.69, 9.17) is 14.2 Å². The zero-order valence-corrected chi connectivity index (χ0v) is 17.6. The van der Waals surface area contributed by atoms with Gasteiger partial charge in [-0.25, -0.2) is 14.8 Å². The minimum absolute atomic E-state index is 0.288. The van der Waals surface area contributed by atoms with Crippen LogP contribution < -0.4 is 14.8 Å². The molecule has 0 radical (unpaired) electrons. The SMILES string of the molecule is Cc1nc2ccc(C(=O)OCC(=O)N[C@H](C)c3ccc4c(c3)OCCO4)cc2nc1C. The lowest BCUT2D eigenvalue weighted by Gasteiger charge is -2.21. The molecule has 8 heteroatoms. The molecular weight excluding hydrogens is 398 g/mol. The summed E-state index contributed by atoms with van der Waals surface area (Å²) in [5, 5.41) is 2.82. The number of aromatic nitrogens is 2. The molecular formula is C23H23N3O5. The van der Waals surface area contributed by atoms with E-state index in [1.807, 2.05) is 39.0 Å². The van der Waals surface area contributed by atoms with E-state index in [1.165, 1.54) is 0 Å². The van der Waals surface area contributed by atoms with Gasteiger partial charge in [-0.15, -0.1) is 0 Å². The van der Waals surface area contributed by atoms with Crippen molar-refractivity contribution in [3.05, 3.63) is 58.9 Å². The Morgan fingerprint density at radius 2 is 1.71 bits per heavy atom. The molecule has 0 bridgehead atoms. The predicted molar refractivity (Wildman–Crippen MR) is 113 cm³/mol. The monoisotopic (exact) mass is 421 g/mol. The zero-order valence-electron chi connectivity index (χ0n) is 17.6. The van der Waals surface area contributed by atoms with Crippen LogP contribution in [0.1, 0.15) is 40.3 Å². The number of hydrogen-bond acceptors (Lipinski definition) is 7. The third kappa shape index (κ3) is 4.58. The van der Waals surface area contributed by atoms with Crippen LogP contribution in [0.25, 0.3) is 11.0 Å². The van der Waals surface area contributed by atoms with Crippen LogP contribution in [0, 0.1) is 13.8 Å². The summed E-state index contributed by atoms with van der Waals surface area (Å²) in [5.41, 5.74) is 4.12. The Morgan fingerprint density at radius 1 is 1.00 bits per heavy atom. The van der Waals surface area contributed by atoms with Gasteiger partial charge in [0.25, 0.3) is 5.91 Å². The second-order valence-electron chi connectivity index (χ2n) is 7.37. The zero-order chi connectivity index (χ0) is 22.0. The van der Waals surface area contributed by atoms with E-state index in [-0.39, 0.29) is 12.6 Å². The van der Waals surface area contributed by atoms with Crippen molar-refractivity contribution in [3.8, 4) is 11.5 Å². The number of amides is 1. The Hall–Kier alpha value is -3.68. The van der Waals surface area contributed by atoms with Gasteiger partial charge in [-0.05, 0) is 56.7 Å². The number of benzene rings is 2. The molecule has 160 valence electrons. The van der Waals surface area contributed by atoms with Crippen molar-refractivity contribution in [2.45, 2.75) is 26.8 Å². The Labute approximate surface area is 179 Å². The van der Waals surface area contributed by atoms with Crippen molar-refractivity contribution >= 4 is 22.9 Å². The highest BCUT2D eigenvalue weighted by Gasteiger charge is 2.17. The largest absolute Gasteiger partial charge is 0.486 e. The summed E-state index contributed by atoms with van der Waals surface area (Å²) in [6, 6.07) is 10.2. The van der Waals surface area contributed by atoms with E-state index in [0.717, 1.165) is 17.0 Å². The van der Waals surface area contributed by atoms with Crippen molar-refractivity contribution in [2.24, 2.45) is 0 Å². The fourth-order valence-electron chi connectivity index (χ4n) is 3.27. The van der Waals surface area contributed by atoms with Crippen molar-refractivity contribution in [3.63, 3.8) is 0 Å². The van der Waals surface area contributed by atoms with Crippen LogP contribution >= 0.6 is 0 Å². The van der Waals surface area contributed by atoms with Gasteiger partial charge in [0.15, 0.2) is 18.1 Å². The molecule has 1 aliphatic heterocycles. The fraction of sp³-hybridized carbons (Fsp3) is 0.304. The maximum Gasteiger partial charge on any atom is 0.338 e. The van der Waals surface area contributed by atoms with Gasteiger partial charge in [-0.3, -0.25) is 4.79 Å². The highest BCUT2D eigenvalue weighted by Crippen LogP contribution is 2.32. The minimum Gasteiger partial charge on any atom is -0.486 e. The summed E-state index contributed by atoms with van der Waals surface area (Å²) in [6.07, 6.45) is 0. The molecule has 0 saturated heterocycles. The first-order chi connectivity index (χ1) is 14.9. The normalized spacial score (nSPS) is 13.5. The molecule has 1 atom stereocenters. The van der Waals surface area contributed by atoms with Gasteiger partial charge in [0.05, 0.1) is 34.0 Å². The number of carbonyl (C=O) groups is 2. The molecule has 8 nitrogen and oxygen atoms in total. The highest BCUT2D eigenvalue weighted by atomic mass is 16.6. The molecule has 1 aromatic heterocycles. The van der Waals surface area contributed by atoms with Crippen LogP contribution in [0.4, 0.5) is 0 Å².